The smallest absolute Gasteiger partial charge is 0.280 e. The normalized spacial score (nSPS) is 11.5. The third-order valence-electron chi connectivity index (χ3n) is 2.92. The topological polar surface area (TPSA) is 89.6 Å². The van der Waals surface area contributed by atoms with Gasteiger partial charge in [-0.05, 0) is 12.3 Å². The summed E-state index contributed by atoms with van der Waals surface area (Å²) in [7, 11) is 0. The van der Waals surface area contributed by atoms with Crippen LogP contribution in [-0.4, -0.2) is 19.5 Å². The lowest BCUT2D eigenvalue weighted by atomic mass is 10.1. The average molecular weight is 249 g/mol. The van der Waals surface area contributed by atoms with Crippen molar-refractivity contribution in [2.75, 3.05) is 5.73 Å². The SMILES string of the molecule is CC(C)CCCCn1cnc2c(=O)[nH]c(N)nc21. The van der Waals surface area contributed by atoms with Crippen LogP contribution in [0.15, 0.2) is 11.1 Å². The molecule has 0 bridgehead atoms. The zero-order valence-corrected chi connectivity index (χ0v) is 10.8. The van der Waals surface area contributed by atoms with Gasteiger partial charge in [0, 0.05) is 6.54 Å². The number of nitrogens with zero attached hydrogens (tertiary/aromatic N) is 3. The van der Waals surface area contributed by atoms with E-state index in [1.165, 1.54) is 6.42 Å². The van der Waals surface area contributed by atoms with E-state index in [1.807, 2.05) is 4.57 Å². The van der Waals surface area contributed by atoms with Crippen LogP contribution < -0.4 is 11.3 Å². The van der Waals surface area contributed by atoms with Gasteiger partial charge in [0.2, 0.25) is 5.95 Å². The minimum atomic E-state index is -0.279. The number of H-pyrrole nitrogens is 1. The predicted molar refractivity (Wildman–Crippen MR) is 71.3 cm³/mol. The van der Waals surface area contributed by atoms with Crippen molar-refractivity contribution >= 4 is 17.1 Å². The molecular formula is C12H19N5O. The van der Waals surface area contributed by atoms with Crippen LogP contribution >= 0.6 is 0 Å². The molecule has 2 heterocycles. The molecule has 0 spiro atoms. The van der Waals surface area contributed by atoms with Gasteiger partial charge < -0.3 is 10.3 Å². The molecule has 0 saturated heterocycles. The Hall–Kier alpha value is -1.85. The highest BCUT2D eigenvalue weighted by Crippen LogP contribution is 2.10. The van der Waals surface area contributed by atoms with Crippen LogP contribution in [0.4, 0.5) is 5.95 Å². The van der Waals surface area contributed by atoms with Crippen LogP contribution in [0.5, 0.6) is 0 Å². The third-order valence-corrected chi connectivity index (χ3v) is 2.92. The zero-order chi connectivity index (χ0) is 13.1. The van der Waals surface area contributed by atoms with Gasteiger partial charge in [0.25, 0.3) is 5.56 Å². The monoisotopic (exact) mass is 249 g/mol. The molecule has 0 fully saturated rings. The molecule has 0 aliphatic rings. The highest BCUT2D eigenvalue weighted by atomic mass is 16.1. The number of fused-ring (bicyclic) bond motifs is 1. The number of hydrogen-bond donors (Lipinski definition) is 2. The number of rotatable bonds is 5. The minimum Gasteiger partial charge on any atom is -0.369 e. The number of anilines is 1. The number of aryl methyl sites for hydroxylation is 1. The molecule has 2 aromatic heterocycles. The summed E-state index contributed by atoms with van der Waals surface area (Å²) in [6.07, 6.45) is 5.08. The van der Waals surface area contributed by atoms with Gasteiger partial charge in [-0.2, -0.15) is 4.98 Å². The molecule has 0 unspecified atom stereocenters. The van der Waals surface area contributed by atoms with Gasteiger partial charge in [0.1, 0.15) is 0 Å². The van der Waals surface area contributed by atoms with Crippen LogP contribution in [-0.2, 0) is 6.54 Å². The van der Waals surface area contributed by atoms with E-state index in [1.54, 1.807) is 6.33 Å². The molecular weight excluding hydrogens is 230 g/mol. The van der Waals surface area contributed by atoms with Crippen molar-refractivity contribution in [2.24, 2.45) is 5.92 Å². The first-order chi connectivity index (χ1) is 8.58. The molecule has 0 aliphatic heterocycles. The molecule has 3 N–H and O–H groups in total. The van der Waals surface area contributed by atoms with Crippen molar-refractivity contribution in [3.63, 3.8) is 0 Å². The second-order valence-corrected chi connectivity index (χ2v) is 4.95. The molecule has 0 atom stereocenters. The minimum absolute atomic E-state index is 0.136. The first-order valence-electron chi connectivity index (χ1n) is 6.28. The van der Waals surface area contributed by atoms with Crippen LogP contribution in [0.1, 0.15) is 33.1 Å². The lowest BCUT2D eigenvalue weighted by Gasteiger charge is -2.05. The van der Waals surface area contributed by atoms with E-state index >= 15 is 0 Å². The maximum Gasteiger partial charge on any atom is 0.280 e. The van der Waals surface area contributed by atoms with Crippen LogP contribution in [0.3, 0.4) is 0 Å². The predicted octanol–water partition coefficient (Wildman–Crippen LogP) is 1.53. The molecule has 2 aromatic rings. The Morgan fingerprint density at radius 2 is 2.22 bits per heavy atom. The summed E-state index contributed by atoms with van der Waals surface area (Å²) in [5.41, 5.74) is 6.19. The molecule has 6 heteroatoms. The Bertz CT molecular complexity index is 584. The van der Waals surface area contributed by atoms with Crippen molar-refractivity contribution in [3.05, 3.63) is 16.7 Å². The van der Waals surface area contributed by atoms with Crippen LogP contribution in [0.25, 0.3) is 11.2 Å². The van der Waals surface area contributed by atoms with Crippen LogP contribution in [0, 0.1) is 5.92 Å². The molecule has 0 radical (unpaired) electrons. The van der Waals surface area contributed by atoms with Crippen molar-refractivity contribution < 1.29 is 0 Å². The lowest BCUT2D eigenvalue weighted by molar-refractivity contribution is 0.512. The van der Waals surface area contributed by atoms with E-state index in [9.17, 15) is 4.79 Å². The Morgan fingerprint density at radius 1 is 1.44 bits per heavy atom. The second-order valence-electron chi connectivity index (χ2n) is 4.95. The van der Waals surface area contributed by atoms with E-state index in [-0.39, 0.29) is 11.5 Å². The van der Waals surface area contributed by atoms with Gasteiger partial charge in [-0.3, -0.25) is 9.78 Å². The van der Waals surface area contributed by atoms with Crippen molar-refractivity contribution in [2.45, 2.75) is 39.7 Å². The maximum absolute atomic E-state index is 11.6. The maximum atomic E-state index is 11.6. The number of nitrogens with two attached hydrogens (primary N) is 1. The van der Waals surface area contributed by atoms with Crippen molar-refractivity contribution in [1.82, 2.24) is 19.5 Å². The summed E-state index contributed by atoms with van der Waals surface area (Å²) < 4.78 is 1.89. The van der Waals surface area contributed by atoms with Gasteiger partial charge in [-0.15, -0.1) is 0 Å². The standard InChI is InChI=1S/C12H19N5O/c1-8(2)5-3-4-6-17-7-14-9-10(17)15-12(13)16-11(9)18/h7-8H,3-6H2,1-2H3,(H3,13,15,16,18). The fourth-order valence-electron chi connectivity index (χ4n) is 1.97. The van der Waals surface area contributed by atoms with Gasteiger partial charge in [0.05, 0.1) is 6.33 Å². The average Bonchev–Trinajstić information content (AvgIpc) is 2.67. The number of nitrogens with one attached hydrogen (secondary N) is 1. The molecule has 2 rings (SSSR count). The zero-order valence-electron chi connectivity index (χ0n) is 10.8. The van der Waals surface area contributed by atoms with E-state index in [4.69, 9.17) is 5.73 Å². The second kappa shape index (κ2) is 5.20. The Balaban J connectivity index is 2.12. The highest BCUT2D eigenvalue weighted by Gasteiger charge is 2.08. The summed E-state index contributed by atoms with van der Waals surface area (Å²) in [5, 5.41) is 0. The molecule has 6 nitrogen and oxygen atoms in total. The Kier molecular flexibility index (Phi) is 3.64. The van der Waals surface area contributed by atoms with Gasteiger partial charge >= 0.3 is 0 Å². The van der Waals surface area contributed by atoms with E-state index < -0.39 is 0 Å². The van der Waals surface area contributed by atoms with Crippen molar-refractivity contribution in [1.29, 1.82) is 0 Å². The summed E-state index contributed by atoms with van der Waals surface area (Å²) in [5.74, 6) is 0.859. The molecule has 0 saturated carbocycles. The first-order valence-corrected chi connectivity index (χ1v) is 6.28. The molecule has 18 heavy (non-hydrogen) atoms. The largest absolute Gasteiger partial charge is 0.369 e. The third kappa shape index (κ3) is 2.69. The highest BCUT2D eigenvalue weighted by molar-refractivity contribution is 5.70. The number of unbranched alkanes of at least 4 members (excludes halogenated alkanes) is 1. The number of nitrogen functional groups attached to an aromatic ring is 1. The van der Waals surface area contributed by atoms with Gasteiger partial charge in [-0.25, -0.2) is 4.98 Å². The van der Waals surface area contributed by atoms with E-state index in [0.29, 0.717) is 11.2 Å². The van der Waals surface area contributed by atoms with Crippen molar-refractivity contribution in [3.8, 4) is 0 Å². The number of aromatic amines is 1. The van der Waals surface area contributed by atoms with E-state index in [2.05, 4.69) is 28.8 Å². The first kappa shape index (κ1) is 12.6. The quantitative estimate of drug-likeness (QED) is 0.786. The fourth-order valence-corrected chi connectivity index (χ4v) is 1.97. The number of hydrogen-bond acceptors (Lipinski definition) is 4. The molecule has 0 aromatic carbocycles. The summed E-state index contributed by atoms with van der Waals surface area (Å²) in [6.45, 7) is 5.25. The Labute approximate surface area is 105 Å². The van der Waals surface area contributed by atoms with Gasteiger partial charge in [-0.1, -0.05) is 26.7 Å². The van der Waals surface area contributed by atoms with E-state index in [0.717, 1.165) is 25.3 Å². The molecule has 98 valence electrons. The summed E-state index contributed by atoms with van der Waals surface area (Å²) in [4.78, 5) is 22.2. The van der Waals surface area contributed by atoms with Gasteiger partial charge in [0.15, 0.2) is 11.2 Å². The molecule has 0 amide bonds. The number of aromatic nitrogens is 4. The Morgan fingerprint density at radius 3 is 2.94 bits per heavy atom. The summed E-state index contributed by atoms with van der Waals surface area (Å²) in [6, 6.07) is 0. The van der Waals surface area contributed by atoms with Crippen LogP contribution in [0.2, 0.25) is 0 Å². The fraction of sp³-hybridized carbons (Fsp3) is 0.583. The summed E-state index contributed by atoms with van der Waals surface area (Å²) >= 11 is 0. The number of imidazole rings is 1. The lowest BCUT2D eigenvalue weighted by Crippen LogP contribution is -2.12. The molecule has 0 aliphatic carbocycles.